The minimum absolute atomic E-state index is 0.218. The van der Waals surface area contributed by atoms with Gasteiger partial charge in [-0.15, -0.1) is 0 Å². The number of aliphatic hydroxyl groups is 3. The van der Waals surface area contributed by atoms with Gasteiger partial charge in [0, 0.05) is 32.7 Å². The Labute approximate surface area is 176 Å². The van der Waals surface area contributed by atoms with E-state index >= 15 is 0 Å². The van der Waals surface area contributed by atoms with E-state index in [2.05, 4.69) is 16.8 Å². The number of aliphatic hydroxyl groups excluding tert-OH is 3. The molecule has 0 saturated carbocycles. The summed E-state index contributed by atoms with van der Waals surface area (Å²) in [5, 5.41) is 31.0. The van der Waals surface area contributed by atoms with Crippen LogP contribution in [0.5, 0.6) is 5.75 Å². The molecule has 168 valence electrons. The average Bonchev–Trinajstić information content (AvgIpc) is 2.71. The fraction of sp³-hybridized carbons (Fsp3) is 0.667. The lowest BCUT2D eigenvalue weighted by molar-refractivity contribution is -0.274. The first-order chi connectivity index (χ1) is 14.2. The molecule has 9 heteroatoms. The minimum atomic E-state index is -1.41. The Kier molecular flexibility index (Phi) is 7.67. The highest BCUT2D eigenvalue weighted by molar-refractivity contribution is 5.89. The molecule has 2 fully saturated rings. The number of hydrogen-bond acceptors (Lipinski definition) is 9. The van der Waals surface area contributed by atoms with Crippen molar-refractivity contribution in [2.75, 3.05) is 39.8 Å². The number of nitrogens with zero attached hydrogens (tertiary/aromatic N) is 2. The molecule has 30 heavy (non-hydrogen) atoms. The predicted octanol–water partition coefficient (Wildman–Crippen LogP) is -0.314. The van der Waals surface area contributed by atoms with Crippen LogP contribution >= 0.6 is 0 Å². The van der Waals surface area contributed by atoms with Crippen molar-refractivity contribution in [3.05, 3.63) is 29.8 Å². The van der Waals surface area contributed by atoms with Crippen LogP contribution in [-0.4, -0.2) is 108 Å². The van der Waals surface area contributed by atoms with Crippen molar-refractivity contribution < 1.29 is 34.3 Å². The molecular weight excluding hydrogens is 392 g/mol. The Morgan fingerprint density at radius 3 is 2.30 bits per heavy atom. The second-order valence-electron chi connectivity index (χ2n) is 8.21. The molecule has 2 saturated heterocycles. The van der Waals surface area contributed by atoms with E-state index in [1.54, 1.807) is 38.1 Å². The molecule has 0 spiro atoms. The molecule has 0 unspecified atom stereocenters. The van der Waals surface area contributed by atoms with Gasteiger partial charge in [0.05, 0.1) is 11.7 Å². The molecule has 2 aliphatic heterocycles. The number of benzene rings is 1. The summed E-state index contributed by atoms with van der Waals surface area (Å²) in [4.78, 5) is 16.3. The van der Waals surface area contributed by atoms with Gasteiger partial charge < -0.3 is 34.4 Å². The summed E-state index contributed by atoms with van der Waals surface area (Å²) in [6.45, 7) is 7.48. The van der Waals surface area contributed by atoms with Crippen LogP contribution in [0.4, 0.5) is 0 Å². The fourth-order valence-corrected chi connectivity index (χ4v) is 3.54. The molecule has 1 aromatic rings. The highest BCUT2D eigenvalue weighted by Crippen LogP contribution is 2.25. The van der Waals surface area contributed by atoms with Crippen molar-refractivity contribution >= 4 is 5.97 Å². The zero-order valence-corrected chi connectivity index (χ0v) is 17.7. The Balaban J connectivity index is 1.62. The molecule has 5 atom stereocenters. The largest absolute Gasteiger partial charge is 0.462 e. The highest BCUT2D eigenvalue weighted by Gasteiger charge is 2.45. The Morgan fingerprint density at radius 2 is 1.70 bits per heavy atom. The van der Waals surface area contributed by atoms with Crippen LogP contribution in [0.3, 0.4) is 0 Å². The molecule has 0 aromatic heterocycles. The number of piperazine rings is 1. The van der Waals surface area contributed by atoms with E-state index < -0.39 is 36.7 Å². The van der Waals surface area contributed by atoms with Crippen molar-refractivity contribution in [1.29, 1.82) is 0 Å². The average molecular weight is 424 g/mol. The lowest BCUT2D eigenvalue weighted by atomic mass is 9.98. The maximum Gasteiger partial charge on any atom is 0.338 e. The van der Waals surface area contributed by atoms with Gasteiger partial charge in [0.1, 0.15) is 30.2 Å². The lowest BCUT2D eigenvalue weighted by Crippen LogP contribution is -2.62. The summed E-state index contributed by atoms with van der Waals surface area (Å²) in [5.41, 5.74) is 0.379. The van der Waals surface area contributed by atoms with Gasteiger partial charge in [0.15, 0.2) is 0 Å². The molecule has 0 amide bonds. The van der Waals surface area contributed by atoms with Gasteiger partial charge in [-0.3, -0.25) is 4.90 Å². The molecule has 3 rings (SSSR count). The summed E-state index contributed by atoms with van der Waals surface area (Å²) >= 11 is 0. The van der Waals surface area contributed by atoms with E-state index in [9.17, 15) is 20.1 Å². The number of carbonyl (C=O) groups excluding carboxylic acids is 1. The van der Waals surface area contributed by atoms with Crippen LogP contribution in [0, 0.1) is 0 Å². The lowest BCUT2D eigenvalue weighted by Gasteiger charge is -2.43. The van der Waals surface area contributed by atoms with Crippen molar-refractivity contribution in [1.82, 2.24) is 9.80 Å². The summed E-state index contributed by atoms with van der Waals surface area (Å²) in [6.07, 6.45) is -6.07. The van der Waals surface area contributed by atoms with Crippen LogP contribution in [-0.2, 0) is 9.47 Å². The monoisotopic (exact) mass is 424 g/mol. The van der Waals surface area contributed by atoms with Gasteiger partial charge in [-0.25, -0.2) is 4.79 Å². The number of carbonyl (C=O) groups is 1. The third-order valence-electron chi connectivity index (χ3n) is 5.39. The number of ether oxygens (including phenoxy) is 3. The number of esters is 1. The SMILES string of the molecule is CC(C)OC(=O)c1ccc(O[C@H]2O[C@H](CN3CCN(C)CC3)[C@@H](O)[C@H](O)[C@@H]2O)cc1. The van der Waals surface area contributed by atoms with E-state index in [1.165, 1.54) is 0 Å². The number of rotatable bonds is 6. The van der Waals surface area contributed by atoms with E-state index in [0.29, 0.717) is 17.9 Å². The normalized spacial score (nSPS) is 31.0. The third kappa shape index (κ3) is 5.69. The topological polar surface area (TPSA) is 112 Å². The molecule has 2 aliphatic rings. The van der Waals surface area contributed by atoms with E-state index in [1.807, 2.05) is 0 Å². The summed E-state index contributed by atoms with van der Waals surface area (Å²) < 4.78 is 16.7. The maximum absolute atomic E-state index is 11.9. The number of hydrogen-bond donors (Lipinski definition) is 3. The Bertz CT molecular complexity index is 691. The van der Waals surface area contributed by atoms with E-state index in [-0.39, 0.29) is 6.10 Å². The first kappa shape index (κ1) is 22.9. The molecule has 9 nitrogen and oxygen atoms in total. The standard InChI is InChI=1S/C21H32N2O7/c1-13(2)28-20(27)14-4-6-15(7-5-14)29-21-19(26)18(25)17(24)16(30-21)12-23-10-8-22(3)9-11-23/h4-7,13,16-19,21,24-26H,8-12H2,1-3H3/t16-,17-,18+,19+,21+/m1/s1. The Hall–Kier alpha value is -1.75. The maximum atomic E-state index is 11.9. The summed E-state index contributed by atoms with van der Waals surface area (Å²) in [7, 11) is 2.06. The van der Waals surface area contributed by atoms with Gasteiger partial charge in [0.25, 0.3) is 0 Å². The second kappa shape index (κ2) is 10.0. The van der Waals surface area contributed by atoms with Crippen LogP contribution in [0.25, 0.3) is 0 Å². The minimum Gasteiger partial charge on any atom is -0.462 e. The van der Waals surface area contributed by atoms with E-state index in [0.717, 1.165) is 26.2 Å². The molecule has 3 N–H and O–H groups in total. The first-order valence-corrected chi connectivity index (χ1v) is 10.3. The third-order valence-corrected chi connectivity index (χ3v) is 5.39. The number of likely N-dealkylation sites (N-methyl/N-ethyl adjacent to an activating group) is 1. The summed E-state index contributed by atoms with van der Waals surface area (Å²) in [5.74, 6) is -0.0710. The Morgan fingerprint density at radius 1 is 1.07 bits per heavy atom. The van der Waals surface area contributed by atoms with E-state index in [4.69, 9.17) is 14.2 Å². The summed E-state index contributed by atoms with van der Waals surface area (Å²) in [6, 6.07) is 6.25. The molecule has 0 aliphatic carbocycles. The fourth-order valence-electron chi connectivity index (χ4n) is 3.54. The molecule has 1 aromatic carbocycles. The second-order valence-corrected chi connectivity index (χ2v) is 8.21. The van der Waals surface area contributed by atoms with Crippen molar-refractivity contribution in [3.8, 4) is 5.75 Å². The van der Waals surface area contributed by atoms with Gasteiger partial charge >= 0.3 is 5.97 Å². The van der Waals surface area contributed by atoms with Gasteiger partial charge in [-0.2, -0.15) is 0 Å². The van der Waals surface area contributed by atoms with Crippen molar-refractivity contribution in [3.63, 3.8) is 0 Å². The predicted molar refractivity (Wildman–Crippen MR) is 108 cm³/mol. The molecule has 2 heterocycles. The van der Waals surface area contributed by atoms with Gasteiger partial charge in [-0.1, -0.05) is 0 Å². The van der Waals surface area contributed by atoms with Crippen LogP contribution < -0.4 is 4.74 Å². The quantitative estimate of drug-likeness (QED) is 0.529. The van der Waals surface area contributed by atoms with Crippen LogP contribution in [0.15, 0.2) is 24.3 Å². The van der Waals surface area contributed by atoms with Crippen LogP contribution in [0.2, 0.25) is 0 Å². The zero-order chi connectivity index (χ0) is 21.8. The smallest absolute Gasteiger partial charge is 0.338 e. The molecule has 0 bridgehead atoms. The zero-order valence-electron chi connectivity index (χ0n) is 17.7. The van der Waals surface area contributed by atoms with Crippen molar-refractivity contribution in [2.24, 2.45) is 0 Å². The van der Waals surface area contributed by atoms with Crippen molar-refractivity contribution in [2.45, 2.75) is 50.7 Å². The van der Waals surface area contributed by atoms with Gasteiger partial charge in [-0.05, 0) is 45.2 Å². The first-order valence-electron chi connectivity index (χ1n) is 10.3. The highest BCUT2D eigenvalue weighted by atomic mass is 16.7. The molecular formula is C21H32N2O7. The molecule has 0 radical (unpaired) electrons. The van der Waals surface area contributed by atoms with Gasteiger partial charge in [0.2, 0.25) is 6.29 Å². The van der Waals surface area contributed by atoms with Crippen LogP contribution in [0.1, 0.15) is 24.2 Å².